The van der Waals surface area contributed by atoms with Crippen LogP contribution in [0.1, 0.15) is 116 Å². The molecule has 1 unspecified atom stereocenters. The minimum absolute atomic E-state index is 0.134. The maximum Gasteiger partial charge on any atom is 0.408 e. The van der Waals surface area contributed by atoms with Gasteiger partial charge in [-0.25, -0.2) is 22.6 Å². The monoisotopic (exact) mass is 825 g/mol. The van der Waals surface area contributed by atoms with Gasteiger partial charge < -0.3 is 24.8 Å². The van der Waals surface area contributed by atoms with Crippen LogP contribution in [0.25, 0.3) is 10.9 Å². The van der Waals surface area contributed by atoms with E-state index in [1.165, 1.54) is 16.9 Å². The van der Waals surface area contributed by atoms with Gasteiger partial charge >= 0.3 is 6.09 Å². The van der Waals surface area contributed by atoms with E-state index in [9.17, 15) is 27.9 Å². The van der Waals surface area contributed by atoms with Gasteiger partial charge in [-0.2, -0.15) is 0 Å². The van der Waals surface area contributed by atoms with Gasteiger partial charge in [0.25, 0.3) is 5.91 Å². The van der Waals surface area contributed by atoms with E-state index in [4.69, 9.17) is 9.47 Å². The lowest BCUT2D eigenvalue weighted by Crippen LogP contribution is -2.60. The van der Waals surface area contributed by atoms with Crippen LogP contribution in [0.5, 0.6) is 11.5 Å². The number of hydrogen-bond acceptors (Lipinski definition) is 9. The van der Waals surface area contributed by atoms with Gasteiger partial charge in [-0.1, -0.05) is 45.8 Å². The van der Waals surface area contributed by atoms with Crippen molar-refractivity contribution in [3.8, 4) is 11.5 Å². The predicted octanol–water partition coefficient (Wildman–Crippen LogP) is 5.86. The Morgan fingerprint density at radius 1 is 1.16 bits per heavy atom. The zero-order chi connectivity index (χ0) is 42.2. The number of aromatic nitrogens is 1. The second kappa shape index (κ2) is 14.7. The number of pyridine rings is 1. The highest BCUT2D eigenvalue weighted by Crippen LogP contribution is 2.52. The molecular weight excluding hydrogens is 770 g/mol. The molecule has 3 aliphatic heterocycles. The van der Waals surface area contributed by atoms with Crippen LogP contribution in [0, 0.1) is 18.3 Å². The van der Waals surface area contributed by atoms with Gasteiger partial charge in [0, 0.05) is 35.8 Å². The number of allylic oxidation sites excluding steroid dienone is 1. The maximum atomic E-state index is 16.9. The number of sulfonamides is 1. The summed E-state index contributed by atoms with van der Waals surface area (Å²) >= 11 is 0. The van der Waals surface area contributed by atoms with Crippen molar-refractivity contribution in [2.75, 3.05) is 13.7 Å². The zero-order valence-electron chi connectivity index (χ0n) is 34.4. The van der Waals surface area contributed by atoms with Crippen molar-refractivity contribution >= 4 is 44.7 Å². The average Bonchev–Trinajstić information content (AvgIpc) is 4.04. The number of carbonyl (C=O) groups excluding carboxylic acids is 3. The van der Waals surface area contributed by atoms with Crippen molar-refractivity contribution < 1.29 is 46.6 Å². The highest BCUT2D eigenvalue weighted by molar-refractivity contribution is 7.91. The van der Waals surface area contributed by atoms with Crippen LogP contribution in [0.4, 0.5) is 9.18 Å². The second-order valence-corrected chi connectivity index (χ2v) is 20.6. The fourth-order valence-corrected chi connectivity index (χ4v) is 10.2. The zero-order valence-corrected chi connectivity index (χ0v) is 35.2. The highest BCUT2D eigenvalue weighted by atomic mass is 32.2. The smallest absolute Gasteiger partial charge is 0.408 e. The Labute approximate surface area is 339 Å². The SMILES string of the molecule is COc1ccc2nc(C)c3c(c2c1)[C@H](F)C[C@]1(C[C@H]2C(=O)N[C@]4(C(=O)NS(=O)(=O)C5(C)CC5)C[C@H]4/C=C\CCCCC[C@H](N(C(=O)O)C(C)C(C)(C)C)C(=O)N2C1)O3. The van der Waals surface area contributed by atoms with Crippen molar-refractivity contribution in [1.82, 2.24) is 24.8 Å². The van der Waals surface area contributed by atoms with Crippen LogP contribution >= 0.6 is 0 Å². The summed E-state index contributed by atoms with van der Waals surface area (Å²) in [4.78, 5) is 64.3. The fourth-order valence-electron chi connectivity index (χ4n) is 8.93. The molecule has 7 atom stereocenters. The van der Waals surface area contributed by atoms with Gasteiger partial charge in [-0.05, 0) is 82.9 Å². The summed E-state index contributed by atoms with van der Waals surface area (Å²) in [6.07, 6.45) is 4.12. The lowest BCUT2D eigenvalue weighted by atomic mass is 9.85. The van der Waals surface area contributed by atoms with E-state index in [0.717, 1.165) is 6.42 Å². The van der Waals surface area contributed by atoms with Crippen LogP contribution in [0.15, 0.2) is 30.4 Å². The summed E-state index contributed by atoms with van der Waals surface area (Å²) in [6.45, 7) is 10.5. The molecule has 5 aliphatic rings. The molecule has 1 aromatic carbocycles. The highest BCUT2D eigenvalue weighted by Gasteiger charge is 2.64. The standard InChI is InChI=1S/C42H56FN5O9S/c1-24-34-33(28-19-27(56-7)15-16-30(28)44-24)29(43)21-41(57-34)22-32-35(49)45-42(37(51)46-58(54,55)40(6)17-18-40)20-26(42)13-11-9-8-10-12-14-31(36(50)47(32)23-41)48(38(52)53)25(2)39(3,4)5/h11,13,15-16,19,25-26,29,31-32H,8-10,12,14,17-18,20-23H2,1-7H3,(H,45,49)(H,46,51)(H,52,53)/b13-11-/t25?,26-,29-,31+,32+,41-,42-/m1/s1. The normalized spacial score (nSPS) is 30.7. The average molecular weight is 826 g/mol. The third-order valence-electron chi connectivity index (χ3n) is 13.3. The third-order valence-corrected chi connectivity index (χ3v) is 15.5. The molecule has 316 valence electrons. The third kappa shape index (κ3) is 7.38. The number of rotatable bonds is 6. The number of alkyl halides is 1. The van der Waals surface area contributed by atoms with Crippen LogP contribution < -0.4 is 19.5 Å². The molecule has 4 amide bonds. The Morgan fingerprint density at radius 3 is 2.53 bits per heavy atom. The van der Waals surface area contributed by atoms with Crippen molar-refractivity contribution in [3.05, 3.63) is 41.6 Å². The van der Waals surface area contributed by atoms with Crippen LogP contribution in [0.2, 0.25) is 0 Å². The first-order valence-corrected chi connectivity index (χ1v) is 21.8. The second-order valence-electron chi connectivity index (χ2n) is 18.4. The van der Waals surface area contributed by atoms with Gasteiger partial charge in [-0.15, -0.1) is 0 Å². The summed E-state index contributed by atoms with van der Waals surface area (Å²) in [7, 11) is -2.55. The minimum Gasteiger partial charge on any atom is -0.497 e. The molecule has 0 radical (unpaired) electrons. The van der Waals surface area contributed by atoms with E-state index in [0.29, 0.717) is 54.5 Å². The number of aryl methyl sites for hydroxylation is 1. The lowest BCUT2D eigenvalue weighted by molar-refractivity contribution is -0.144. The number of carboxylic acid groups (broad SMARTS) is 1. The predicted molar refractivity (Wildman–Crippen MR) is 213 cm³/mol. The number of halogens is 1. The number of nitrogens with zero attached hydrogens (tertiary/aromatic N) is 3. The molecule has 1 spiro atoms. The summed E-state index contributed by atoms with van der Waals surface area (Å²) in [5.74, 6) is -2.04. The molecule has 1 aromatic heterocycles. The molecule has 58 heavy (non-hydrogen) atoms. The molecule has 2 aliphatic carbocycles. The topological polar surface area (TPSA) is 185 Å². The molecule has 1 saturated heterocycles. The number of nitrogens with one attached hydrogen (secondary N) is 2. The molecule has 0 bridgehead atoms. The molecule has 2 aromatic rings. The van der Waals surface area contributed by atoms with E-state index in [1.54, 1.807) is 39.0 Å². The molecule has 2 saturated carbocycles. The van der Waals surface area contributed by atoms with Crippen molar-refractivity contribution in [2.45, 2.75) is 146 Å². The molecular formula is C42H56FN5O9S. The first kappa shape index (κ1) is 41.7. The van der Waals surface area contributed by atoms with Gasteiger partial charge in [0.05, 0.1) is 29.6 Å². The van der Waals surface area contributed by atoms with Crippen molar-refractivity contribution in [1.29, 1.82) is 0 Å². The van der Waals surface area contributed by atoms with E-state index in [2.05, 4.69) is 15.0 Å². The number of hydrogen-bond donors (Lipinski definition) is 3. The van der Waals surface area contributed by atoms with Crippen molar-refractivity contribution in [3.63, 3.8) is 0 Å². The molecule has 16 heteroatoms. The fraction of sp³-hybridized carbons (Fsp3) is 0.643. The largest absolute Gasteiger partial charge is 0.497 e. The van der Waals surface area contributed by atoms with Gasteiger partial charge in [0.15, 0.2) is 0 Å². The molecule has 7 rings (SSSR count). The van der Waals surface area contributed by atoms with Crippen LogP contribution in [-0.4, -0.2) is 99.8 Å². The summed E-state index contributed by atoms with van der Waals surface area (Å²) in [6, 6.07) is 2.04. The number of methoxy groups -OCH3 is 1. The van der Waals surface area contributed by atoms with Crippen LogP contribution in [0.3, 0.4) is 0 Å². The number of ether oxygens (including phenoxy) is 2. The first-order chi connectivity index (χ1) is 27.2. The quantitative estimate of drug-likeness (QED) is 0.298. The number of carbonyl (C=O) groups is 4. The maximum absolute atomic E-state index is 16.9. The number of fused-ring (bicyclic) bond motifs is 5. The minimum atomic E-state index is -4.06. The Morgan fingerprint density at radius 2 is 1.88 bits per heavy atom. The molecule has 4 heterocycles. The summed E-state index contributed by atoms with van der Waals surface area (Å²) in [5.41, 5.74) is -2.37. The first-order valence-electron chi connectivity index (χ1n) is 20.3. The van der Waals surface area contributed by atoms with Gasteiger partial charge in [-0.3, -0.25) is 24.0 Å². The number of benzene rings is 1. The Hall–Kier alpha value is -4.47. The molecule has 3 N–H and O–H groups in total. The Bertz CT molecular complexity index is 2170. The van der Waals surface area contributed by atoms with E-state index in [1.807, 2.05) is 32.9 Å². The van der Waals surface area contributed by atoms with Crippen LogP contribution in [-0.2, 0) is 24.4 Å². The Kier molecular flexibility index (Phi) is 10.5. The number of amides is 4. The molecule has 14 nitrogen and oxygen atoms in total. The van der Waals surface area contributed by atoms with Gasteiger partial charge in [0.1, 0.15) is 40.9 Å². The lowest BCUT2D eigenvalue weighted by Gasteiger charge is -2.42. The summed E-state index contributed by atoms with van der Waals surface area (Å²) < 4.78 is 56.8. The van der Waals surface area contributed by atoms with E-state index >= 15 is 9.18 Å². The van der Waals surface area contributed by atoms with Crippen molar-refractivity contribution in [2.24, 2.45) is 11.3 Å². The Balaban J connectivity index is 1.30. The van der Waals surface area contributed by atoms with E-state index in [-0.39, 0.29) is 43.5 Å². The van der Waals surface area contributed by atoms with Gasteiger partial charge in [0.2, 0.25) is 21.8 Å². The molecule has 3 fully saturated rings. The van der Waals surface area contributed by atoms with E-state index < -0.39 is 85.4 Å². The summed E-state index contributed by atoms with van der Waals surface area (Å²) in [5, 5.41) is 14.1.